The molecular weight excluding hydrogens is 367 g/mol. The zero-order valence-corrected chi connectivity index (χ0v) is 14.2. The molecule has 0 bridgehead atoms. The van der Waals surface area contributed by atoms with E-state index in [-0.39, 0.29) is 23.0 Å². The van der Waals surface area contributed by atoms with Gasteiger partial charge < -0.3 is 5.73 Å². The summed E-state index contributed by atoms with van der Waals surface area (Å²) in [4.78, 5) is -0.313. The average molecular weight is 383 g/mol. The van der Waals surface area contributed by atoms with Gasteiger partial charge in [-0.25, -0.2) is 12.8 Å². The molecule has 1 aliphatic rings. The largest absolute Gasteiger partial charge is 0.326 e. The molecule has 0 aliphatic carbocycles. The number of halogens is 2. The molecule has 1 fully saturated rings. The lowest BCUT2D eigenvalue weighted by Crippen LogP contribution is -2.37. The lowest BCUT2D eigenvalue weighted by molar-refractivity contribution is 0.391. The molecule has 1 heterocycles. The van der Waals surface area contributed by atoms with Crippen LogP contribution in [0.4, 0.5) is 4.39 Å². The van der Waals surface area contributed by atoms with Crippen LogP contribution in [0.1, 0.15) is 12.0 Å². The number of hydrogen-bond acceptors (Lipinski definition) is 4. The van der Waals surface area contributed by atoms with Crippen LogP contribution in [-0.2, 0) is 16.6 Å². The van der Waals surface area contributed by atoms with Crippen molar-refractivity contribution in [1.82, 2.24) is 4.31 Å². The smallest absolute Gasteiger partial charge is 0.246 e. The summed E-state index contributed by atoms with van der Waals surface area (Å²) in [5, 5.41) is 0. The van der Waals surface area contributed by atoms with Crippen molar-refractivity contribution < 1.29 is 12.8 Å². The second-order valence-electron chi connectivity index (χ2n) is 4.62. The third-order valence-electron chi connectivity index (χ3n) is 3.38. The summed E-state index contributed by atoms with van der Waals surface area (Å²) in [6, 6.07) is 2.71. The first-order chi connectivity index (χ1) is 9.37. The van der Waals surface area contributed by atoms with Crippen LogP contribution in [-0.4, -0.2) is 37.3 Å². The summed E-state index contributed by atoms with van der Waals surface area (Å²) in [5.41, 5.74) is 5.64. The summed E-state index contributed by atoms with van der Waals surface area (Å²) >= 11 is 4.91. The highest BCUT2D eigenvalue weighted by Gasteiger charge is 2.33. The van der Waals surface area contributed by atoms with Crippen molar-refractivity contribution in [3.63, 3.8) is 0 Å². The fourth-order valence-corrected chi connectivity index (χ4v) is 5.65. The van der Waals surface area contributed by atoms with Crippen LogP contribution in [0.25, 0.3) is 0 Å². The summed E-state index contributed by atoms with van der Waals surface area (Å²) in [5.74, 6) is 0.919. The molecule has 1 atom stereocenters. The van der Waals surface area contributed by atoms with E-state index in [1.54, 1.807) is 11.8 Å². The van der Waals surface area contributed by atoms with E-state index in [0.29, 0.717) is 4.47 Å². The van der Waals surface area contributed by atoms with Crippen LogP contribution in [0, 0.1) is 5.82 Å². The molecule has 2 rings (SSSR count). The summed E-state index contributed by atoms with van der Waals surface area (Å²) in [6.45, 7) is -0.0449. The normalized spacial score (nSPS) is 19.8. The van der Waals surface area contributed by atoms with Crippen LogP contribution < -0.4 is 5.73 Å². The van der Waals surface area contributed by atoms with E-state index in [0.717, 1.165) is 17.9 Å². The van der Waals surface area contributed by atoms with Crippen molar-refractivity contribution >= 4 is 37.7 Å². The Bertz CT molecular complexity index is 604. The Hall–Kier alpha value is -0.150. The third kappa shape index (κ3) is 3.04. The summed E-state index contributed by atoms with van der Waals surface area (Å²) in [6.07, 6.45) is 0.791. The first kappa shape index (κ1) is 16.2. The van der Waals surface area contributed by atoms with E-state index < -0.39 is 15.8 Å². The van der Waals surface area contributed by atoms with Gasteiger partial charge in [0.1, 0.15) is 10.7 Å². The summed E-state index contributed by atoms with van der Waals surface area (Å²) < 4.78 is 41.2. The number of thioether (sulfide) groups is 1. The van der Waals surface area contributed by atoms with Crippen LogP contribution in [0.3, 0.4) is 0 Å². The number of benzene rings is 1. The van der Waals surface area contributed by atoms with E-state index in [9.17, 15) is 12.8 Å². The fourth-order valence-electron chi connectivity index (χ4n) is 2.11. The maximum absolute atomic E-state index is 14.3. The van der Waals surface area contributed by atoms with Gasteiger partial charge in [0.2, 0.25) is 10.0 Å². The molecule has 1 unspecified atom stereocenters. The molecular formula is C12H16BrFN2O2S2. The van der Waals surface area contributed by atoms with Crippen molar-refractivity contribution in [2.24, 2.45) is 5.73 Å². The quantitative estimate of drug-likeness (QED) is 0.866. The monoisotopic (exact) mass is 382 g/mol. The zero-order valence-electron chi connectivity index (χ0n) is 11.0. The minimum atomic E-state index is -3.85. The summed E-state index contributed by atoms with van der Waals surface area (Å²) in [7, 11) is -2.34. The second kappa shape index (κ2) is 6.31. The van der Waals surface area contributed by atoms with E-state index >= 15 is 0 Å². The molecule has 1 saturated heterocycles. The van der Waals surface area contributed by atoms with Crippen LogP contribution in [0.5, 0.6) is 0 Å². The molecule has 0 spiro atoms. The number of hydrogen-bond donors (Lipinski definition) is 1. The van der Waals surface area contributed by atoms with Gasteiger partial charge in [0.25, 0.3) is 0 Å². The first-order valence-corrected chi connectivity index (χ1v) is 9.50. The molecule has 0 amide bonds. The molecule has 1 aromatic rings. The maximum atomic E-state index is 14.3. The molecule has 8 heteroatoms. The lowest BCUT2D eigenvalue weighted by atomic mass is 10.2. The van der Waals surface area contributed by atoms with Crippen LogP contribution >= 0.6 is 27.7 Å². The zero-order chi connectivity index (χ0) is 14.9. The van der Waals surface area contributed by atoms with Gasteiger partial charge in [-0.2, -0.15) is 16.1 Å². The molecule has 4 nitrogen and oxygen atoms in total. The van der Waals surface area contributed by atoms with Crippen molar-refractivity contribution in [1.29, 1.82) is 0 Å². The Morgan fingerprint density at radius 1 is 1.55 bits per heavy atom. The molecule has 1 aliphatic heterocycles. The first-order valence-electron chi connectivity index (χ1n) is 6.11. The lowest BCUT2D eigenvalue weighted by Gasteiger charge is -2.23. The highest BCUT2D eigenvalue weighted by atomic mass is 79.9. The van der Waals surface area contributed by atoms with Crippen LogP contribution in [0.2, 0.25) is 0 Å². The number of nitrogens with two attached hydrogens (primary N) is 1. The van der Waals surface area contributed by atoms with Gasteiger partial charge in [0.05, 0.1) is 0 Å². The number of rotatable bonds is 4. The van der Waals surface area contributed by atoms with Crippen LogP contribution in [0.15, 0.2) is 21.5 Å². The minimum Gasteiger partial charge on any atom is -0.326 e. The van der Waals surface area contributed by atoms with E-state index in [1.807, 2.05) is 0 Å². The van der Waals surface area contributed by atoms with Crippen molar-refractivity contribution in [2.75, 3.05) is 18.6 Å². The van der Waals surface area contributed by atoms with Crippen molar-refractivity contribution in [2.45, 2.75) is 23.9 Å². The molecule has 0 radical (unpaired) electrons. The highest BCUT2D eigenvalue weighted by Crippen LogP contribution is 2.30. The van der Waals surface area contributed by atoms with Gasteiger partial charge in [0.15, 0.2) is 0 Å². The Kier molecular flexibility index (Phi) is 5.12. The van der Waals surface area contributed by atoms with Gasteiger partial charge in [-0.05, 0) is 24.3 Å². The molecule has 2 N–H and O–H groups in total. The second-order valence-corrected chi connectivity index (χ2v) is 8.65. The van der Waals surface area contributed by atoms with Gasteiger partial charge in [0, 0.05) is 35.4 Å². The van der Waals surface area contributed by atoms with E-state index in [2.05, 4.69) is 15.9 Å². The van der Waals surface area contributed by atoms with E-state index in [1.165, 1.54) is 23.5 Å². The predicted octanol–water partition coefficient (Wildman–Crippen LogP) is 2.17. The van der Waals surface area contributed by atoms with Crippen molar-refractivity contribution in [3.05, 3.63) is 28.0 Å². The Morgan fingerprint density at radius 2 is 2.25 bits per heavy atom. The van der Waals surface area contributed by atoms with E-state index in [4.69, 9.17) is 5.73 Å². The van der Waals surface area contributed by atoms with Crippen molar-refractivity contribution in [3.8, 4) is 0 Å². The third-order valence-corrected chi connectivity index (χ3v) is 6.89. The highest BCUT2D eigenvalue weighted by molar-refractivity contribution is 9.10. The van der Waals surface area contributed by atoms with Gasteiger partial charge >= 0.3 is 0 Å². The topological polar surface area (TPSA) is 63.4 Å². The SMILES string of the molecule is CN(C1CCSC1)S(=O)(=O)c1cc(Br)cc(CN)c1F. The molecule has 0 aromatic heterocycles. The number of sulfonamides is 1. The maximum Gasteiger partial charge on any atom is 0.246 e. The minimum absolute atomic E-state index is 0.0449. The van der Waals surface area contributed by atoms with Gasteiger partial charge in [-0.1, -0.05) is 15.9 Å². The fraction of sp³-hybridized carbons (Fsp3) is 0.500. The molecule has 20 heavy (non-hydrogen) atoms. The Balaban J connectivity index is 2.45. The average Bonchev–Trinajstić information content (AvgIpc) is 2.93. The molecule has 112 valence electrons. The Morgan fingerprint density at radius 3 is 2.80 bits per heavy atom. The standard InChI is InChI=1S/C12H16BrFN2O2S2/c1-16(10-2-3-19-7-10)20(17,18)11-5-9(13)4-8(6-15)12(11)14/h4-5,10H,2-3,6-7,15H2,1H3. The molecule has 1 aromatic carbocycles. The Labute approximate surface area is 131 Å². The van der Waals surface area contributed by atoms with Gasteiger partial charge in [-0.15, -0.1) is 0 Å². The van der Waals surface area contributed by atoms with Gasteiger partial charge in [-0.3, -0.25) is 0 Å². The number of nitrogens with zero attached hydrogens (tertiary/aromatic N) is 1. The molecule has 0 saturated carbocycles. The predicted molar refractivity (Wildman–Crippen MR) is 82.7 cm³/mol.